The molecule has 1 aromatic heterocycles. The van der Waals surface area contributed by atoms with Gasteiger partial charge in [0.2, 0.25) is 0 Å². The Morgan fingerprint density at radius 1 is 1.50 bits per heavy atom. The van der Waals surface area contributed by atoms with Crippen LogP contribution in [0.1, 0.15) is 38.7 Å². The number of aromatic nitrogens is 1. The van der Waals surface area contributed by atoms with E-state index in [1.807, 2.05) is 6.20 Å². The lowest BCUT2D eigenvalue weighted by molar-refractivity contribution is 0.176. The van der Waals surface area contributed by atoms with Crippen molar-refractivity contribution in [3.63, 3.8) is 0 Å². The maximum absolute atomic E-state index is 4.36. The summed E-state index contributed by atoms with van der Waals surface area (Å²) in [5.74, 6) is 1.86. The fourth-order valence-corrected chi connectivity index (χ4v) is 2.61. The van der Waals surface area contributed by atoms with Gasteiger partial charge in [-0.3, -0.25) is 4.90 Å². The van der Waals surface area contributed by atoms with Gasteiger partial charge < -0.3 is 5.32 Å². The minimum absolute atomic E-state index is 0.846. The number of nitrogens with zero attached hydrogens (tertiary/aromatic N) is 2. The average molecular weight is 247 g/mol. The summed E-state index contributed by atoms with van der Waals surface area (Å²) >= 11 is 0. The van der Waals surface area contributed by atoms with Crippen LogP contribution in [0.5, 0.6) is 0 Å². The molecule has 1 unspecified atom stereocenters. The van der Waals surface area contributed by atoms with Crippen LogP contribution in [0.15, 0.2) is 18.3 Å². The summed E-state index contributed by atoms with van der Waals surface area (Å²) in [6.45, 7) is 9.06. The molecule has 1 aliphatic rings. The van der Waals surface area contributed by atoms with E-state index in [-0.39, 0.29) is 0 Å². The van der Waals surface area contributed by atoms with Gasteiger partial charge in [0.1, 0.15) is 5.82 Å². The van der Waals surface area contributed by atoms with E-state index in [2.05, 4.69) is 41.2 Å². The standard InChI is InChI=1S/C15H25N3/c1-3-7-16-15-10-14(6-8-17-15)12-18-9-4-5-13(2)11-18/h6,8,10,13H,3-5,7,9,11-12H2,1-2H3,(H,16,17). The van der Waals surface area contributed by atoms with Gasteiger partial charge in [0.05, 0.1) is 0 Å². The zero-order chi connectivity index (χ0) is 12.8. The second-order valence-electron chi connectivity index (χ2n) is 5.46. The highest BCUT2D eigenvalue weighted by atomic mass is 15.1. The Labute approximate surface area is 111 Å². The van der Waals surface area contributed by atoms with Crippen LogP contribution in [0.3, 0.4) is 0 Å². The zero-order valence-corrected chi connectivity index (χ0v) is 11.7. The minimum Gasteiger partial charge on any atom is -0.370 e. The number of anilines is 1. The summed E-state index contributed by atoms with van der Waals surface area (Å²) in [6, 6.07) is 4.32. The molecule has 18 heavy (non-hydrogen) atoms. The van der Waals surface area contributed by atoms with E-state index in [0.29, 0.717) is 0 Å². The average Bonchev–Trinajstić information content (AvgIpc) is 2.37. The molecule has 0 spiro atoms. The number of hydrogen-bond acceptors (Lipinski definition) is 3. The second-order valence-corrected chi connectivity index (χ2v) is 5.46. The smallest absolute Gasteiger partial charge is 0.126 e. The van der Waals surface area contributed by atoms with Crippen LogP contribution in [0.2, 0.25) is 0 Å². The number of rotatable bonds is 5. The van der Waals surface area contributed by atoms with Gasteiger partial charge in [-0.05, 0) is 49.4 Å². The van der Waals surface area contributed by atoms with E-state index in [1.54, 1.807) is 0 Å². The van der Waals surface area contributed by atoms with Crippen LogP contribution in [-0.4, -0.2) is 29.5 Å². The highest BCUT2D eigenvalue weighted by Gasteiger charge is 2.16. The van der Waals surface area contributed by atoms with Crippen molar-refractivity contribution < 1.29 is 0 Å². The number of hydrogen-bond donors (Lipinski definition) is 1. The molecule has 0 aliphatic carbocycles. The van der Waals surface area contributed by atoms with E-state index >= 15 is 0 Å². The monoisotopic (exact) mass is 247 g/mol. The van der Waals surface area contributed by atoms with Crippen molar-refractivity contribution in [3.8, 4) is 0 Å². The lowest BCUT2D eigenvalue weighted by Crippen LogP contribution is -2.33. The molecule has 2 rings (SSSR count). The maximum Gasteiger partial charge on any atom is 0.126 e. The second kappa shape index (κ2) is 6.74. The lowest BCUT2D eigenvalue weighted by atomic mass is 10.00. The third kappa shape index (κ3) is 3.98. The molecule has 1 aliphatic heterocycles. The zero-order valence-electron chi connectivity index (χ0n) is 11.7. The van der Waals surface area contributed by atoms with Crippen molar-refractivity contribution in [2.45, 2.75) is 39.7 Å². The van der Waals surface area contributed by atoms with Crippen molar-refractivity contribution in [2.75, 3.05) is 25.0 Å². The molecule has 0 saturated carbocycles. The van der Waals surface area contributed by atoms with Gasteiger partial charge in [0, 0.05) is 25.8 Å². The quantitative estimate of drug-likeness (QED) is 0.866. The summed E-state index contributed by atoms with van der Waals surface area (Å²) < 4.78 is 0. The Hall–Kier alpha value is -1.09. The van der Waals surface area contributed by atoms with Gasteiger partial charge in [-0.1, -0.05) is 13.8 Å². The molecule has 100 valence electrons. The molecule has 1 N–H and O–H groups in total. The molecule has 1 aromatic rings. The summed E-state index contributed by atoms with van der Waals surface area (Å²) in [5, 5.41) is 3.35. The Bertz CT molecular complexity index is 365. The summed E-state index contributed by atoms with van der Waals surface area (Å²) in [7, 11) is 0. The first-order valence-corrected chi connectivity index (χ1v) is 7.19. The highest BCUT2D eigenvalue weighted by molar-refractivity contribution is 5.37. The molecular formula is C15H25N3. The predicted octanol–water partition coefficient (Wildman–Crippen LogP) is 3.14. The Balaban J connectivity index is 1.91. The van der Waals surface area contributed by atoms with E-state index in [4.69, 9.17) is 0 Å². The number of pyridine rings is 1. The Morgan fingerprint density at radius 3 is 3.17 bits per heavy atom. The van der Waals surface area contributed by atoms with E-state index < -0.39 is 0 Å². The Morgan fingerprint density at radius 2 is 2.39 bits per heavy atom. The highest BCUT2D eigenvalue weighted by Crippen LogP contribution is 2.18. The van der Waals surface area contributed by atoms with E-state index in [0.717, 1.165) is 31.2 Å². The molecule has 3 heteroatoms. The topological polar surface area (TPSA) is 28.2 Å². The first-order valence-electron chi connectivity index (χ1n) is 7.19. The molecule has 0 bridgehead atoms. The van der Waals surface area contributed by atoms with Crippen molar-refractivity contribution in [1.29, 1.82) is 0 Å². The molecule has 1 fully saturated rings. The van der Waals surface area contributed by atoms with Gasteiger partial charge in [0.25, 0.3) is 0 Å². The largest absolute Gasteiger partial charge is 0.370 e. The van der Waals surface area contributed by atoms with Crippen LogP contribution in [0.25, 0.3) is 0 Å². The normalized spacial score (nSPS) is 20.9. The van der Waals surface area contributed by atoms with Gasteiger partial charge in [-0.2, -0.15) is 0 Å². The molecule has 0 aromatic carbocycles. The fraction of sp³-hybridized carbons (Fsp3) is 0.667. The Kier molecular flexibility index (Phi) is 5.00. The van der Waals surface area contributed by atoms with Crippen LogP contribution in [0.4, 0.5) is 5.82 Å². The summed E-state index contributed by atoms with van der Waals surface area (Å²) in [4.78, 5) is 6.92. The molecule has 1 saturated heterocycles. The van der Waals surface area contributed by atoms with Gasteiger partial charge in [-0.15, -0.1) is 0 Å². The van der Waals surface area contributed by atoms with Crippen LogP contribution < -0.4 is 5.32 Å². The van der Waals surface area contributed by atoms with E-state index in [9.17, 15) is 0 Å². The van der Waals surface area contributed by atoms with E-state index in [1.165, 1.54) is 31.5 Å². The van der Waals surface area contributed by atoms with Crippen LogP contribution in [0, 0.1) is 5.92 Å². The lowest BCUT2D eigenvalue weighted by Gasteiger charge is -2.30. The minimum atomic E-state index is 0.846. The fourth-order valence-electron chi connectivity index (χ4n) is 2.61. The van der Waals surface area contributed by atoms with Crippen LogP contribution >= 0.6 is 0 Å². The molecule has 2 heterocycles. The van der Waals surface area contributed by atoms with Crippen molar-refractivity contribution in [2.24, 2.45) is 5.92 Å². The van der Waals surface area contributed by atoms with Gasteiger partial charge >= 0.3 is 0 Å². The number of nitrogens with one attached hydrogen (secondary N) is 1. The predicted molar refractivity (Wildman–Crippen MR) is 76.7 cm³/mol. The SMILES string of the molecule is CCCNc1cc(CN2CCCC(C)C2)ccn1. The molecule has 1 atom stereocenters. The summed E-state index contributed by atoms with van der Waals surface area (Å²) in [6.07, 6.45) is 5.78. The van der Waals surface area contributed by atoms with Crippen LogP contribution in [-0.2, 0) is 6.54 Å². The molecule has 0 radical (unpaired) electrons. The van der Waals surface area contributed by atoms with Crippen molar-refractivity contribution in [3.05, 3.63) is 23.9 Å². The number of likely N-dealkylation sites (tertiary alicyclic amines) is 1. The maximum atomic E-state index is 4.36. The van der Waals surface area contributed by atoms with Gasteiger partial charge in [-0.25, -0.2) is 4.98 Å². The molecular weight excluding hydrogens is 222 g/mol. The molecule has 0 amide bonds. The first-order chi connectivity index (χ1) is 8.78. The first kappa shape index (κ1) is 13.3. The summed E-state index contributed by atoms with van der Waals surface area (Å²) in [5.41, 5.74) is 1.37. The third-order valence-corrected chi connectivity index (χ3v) is 3.53. The van der Waals surface area contributed by atoms with Gasteiger partial charge in [0.15, 0.2) is 0 Å². The third-order valence-electron chi connectivity index (χ3n) is 3.53. The van der Waals surface area contributed by atoms with Crippen molar-refractivity contribution in [1.82, 2.24) is 9.88 Å². The van der Waals surface area contributed by atoms with Crippen molar-refractivity contribution >= 4 is 5.82 Å². The number of piperidine rings is 1. The molecule has 3 nitrogen and oxygen atoms in total.